The van der Waals surface area contributed by atoms with Gasteiger partial charge in [-0.05, 0) is 61.6 Å². The second-order valence-electron chi connectivity index (χ2n) is 8.91. The van der Waals surface area contributed by atoms with Gasteiger partial charge in [0.15, 0.2) is 11.5 Å². The zero-order chi connectivity index (χ0) is 23.3. The summed E-state index contributed by atoms with van der Waals surface area (Å²) in [4.78, 5) is 21.9. The van der Waals surface area contributed by atoms with Gasteiger partial charge < -0.3 is 24.8 Å². The Hall–Kier alpha value is -3.39. The number of benzene rings is 1. The summed E-state index contributed by atoms with van der Waals surface area (Å²) >= 11 is 0. The number of carbonyl (C=O) groups is 1. The van der Waals surface area contributed by atoms with E-state index < -0.39 is 0 Å². The molecule has 1 saturated carbocycles. The van der Waals surface area contributed by atoms with Crippen molar-refractivity contribution in [2.24, 2.45) is 11.8 Å². The van der Waals surface area contributed by atoms with Gasteiger partial charge in [0, 0.05) is 24.7 Å². The molecule has 1 aliphatic heterocycles. The first-order valence-corrected chi connectivity index (χ1v) is 11.9. The fraction of sp³-hybridized carbons (Fsp3) is 0.423. The van der Waals surface area contributed by atoms with E-state index in [2.05, 4.69) is 26.7 Å². The van der Waals surface area contributed by atoms with Crippen molar-refractivity contribution in [1.29, 1.82) is 0 Å². The highest BCUT2D eigenvalue weighted by Gasteiger charge is 2.27. The summed E-state index contributed by atoms with van der Waals surface area (Å²) in [6, 6.07) is 11.5. The molecule has 1 aromatic carbocycles. The largest absolute Gasteiger partial charge is 0.486 e. The molecule has 1 aliphatic carbocycles. The summed E-state index contributed by atoms with van der Waals surface area (Å²) in [6.45, 7) is 2.84. The molecule has 2 aromatic heterocycles. The summed E-state index contributed by atoms with van der Waals surface area (Å²) < 4.78 is 16.5. The van der Waals surface area contributed by atoms with Crippen molar-refractivity contribution in [2.75, 3.05) is 32.2 Å². The average Bonchev–Trinajstić information content (AvgIpc) is 2.88. The lowest BCUT2D eigenvalue weighted by atomic mass is 9.81. The zero-order valence-electron chi connectivity index (χ0n) is 19.4. The lowest BCUT2D eigenvalue weighted by Crippen LogP contribution is -2.32. The molecule has 0 saturated heterocycles. The Labute approximate surface area is 199 Å². The maximum atomic E-state index is 13.1. The minimum absolute atomic E-state index is 0.0105. The molecule has 2 atom stereocenters. The first-order chi connectivity index (χ1) is 16.7. The van der Waals surface area contributed by atoms with E-state index in [1.165, 1.54) is 5.56 Å². The van der Waals surface area contributed by atoms with Crippen LogP contribution in [0.2, 0.25) is 0 Å². The van der Waals surface area contributed by atoms with Gasteiger partial charge in [-0.15, -0.1) is 0 Å². The molecule has 178 valence electrons. The lowest BCUT2D eigenvalue weighted by Gasteiger charge is -2.28. The Balaban J connectivity index is 1.16. The van der Waals surface area contributed by atoms with E-state index >= 15 is 0 Å². The zero-order valence-corrected chi connectivity index (χ0v) is 19.4. The third-order valence-corrected chi connectivity index (χ3v) is 6.55. The van der Waals surface area contributed by atoms with Gasteiger partial charge in [-0.2, -0.15) is 0 Å². The number of nitrogens with one attached hydrogen (secondary N) is 2. The van der Waals surface area contributed by atoms with Crippen molar-refractivity contribution in [2.45, 2.75) is 32.2 Å². The molecule has 2 aliphatic rings. The van der Waals surface area contributed by atoms with Crippen LogP contribution in [0.15, 0.2) is 42.6 Å². The first-order valence-electron chi connectivity index (χ1n) is 11.9. The number of rotatable bonds is 7. The molecule has 2 N–H and O–H groups in total. The van der Waals surface area contributed by atoms with Gasteiger partial charge in [0.2, 0.25) is 11.8 Å². The molecule has 8 nitrogen and oxygen atoms in total. The number of carbonyl (C=O) groups excluding carboxylic acids is 1. The molecule has 0 bridgehead atoms. The summed E-state index contributed by atoms with van der Waals surface area (Å²) in [5.41, 5.74) is 3.21. The second kappa shape index (κ2) is 10.3. The van der Waals surface area contributed by atoms with Crippen LogP contribution in [0.3, 0.4) is 0 Å². The van der Waals surface area contributed by atoms with Crippen LogP contribution in [-0.2, 0) is 11.3 Å². The Morgan fingerprint density at radius 2 is 2.00 bits per heavy atom. The molecule has 1 fully saturated rings. The van der Waals surface area contributed by atoms with Crippen LogP contribution in [0.4, 0.5) is 5.69 Å². The van der Waals surface area contributed by atoms with Crippen LogP contribution < -0.4 is 24.8 Å². The number of nitrogens with zero attached hydrogens (tertiary/aromatic N) is 2. The fourth-order valence-electron chi connectivity index (χ4n) is 4.79. The third-order valence-electron chi connectivity index (χ3n) is 6.55. The number of methoxy groups -OCH3 is 1. The molecule has 3 aromatic rings. The van der Waals surface area contributed by atoms with Crippen LogP contribution in [0.1, 0.15) is 31.2 Å². The van der Waals surface area contributed by atoms with Crippen LogP contribution >= 0.6 is 0 Å². The molecule has 0 unspecified atom stereocenters. The predicted octanol–water partition coefficient (Wildman–Crippen LogP) is 3.94. The number of hydrogen-bond acceptors (Lipinski definition) is 7. The Morgan fingerprint density at radius 1 is 1.12 bits per heavy atom. The van der Waals surface area contributed by atoms with Gasteiger partial charge in [-0.3, -0.25) is 9.78 Å². The minimum atomic E-state index is -0.0105. The van der Waals surface area contributed by atoms with Crippen LogP contribution in [0.25, 0.3) is 11.0 Å². The van der Waals surface area contributed by atoms with Crippen LogP contribution in [0, 0.1) is 11.8 Å². The minimum Gasteiger partial charge on any atom is -0.486 e. The molecule has 1 amide bonds. The standard InChI is InChI=1S/C26H30N4O4/c1-32-24-8-6-20-25(30-24)21(9-10-28-20)29-26(31)19-4-2-3-17(13-19)15-27-16-18-5-7-22-23(14-18)34-12-11-33-22/h5-10,14,17,19,27H,2-4,11-13,15-16H2,1H3,(H,28,29,31)/t17-,19+/m1/s1. The van der Waals surface area contributed by atoms with Crippen molar-refractivity contribution < 1.29 is 19.0 Å². The maximum absolute atomic E-state index is 13.1. The summed E-state index contributed by atoms with van der Waals surface area (Å²) in [6.07, 6.45) is 5.66. The molecular formula is C26H30N4O4. The fourth-order valence-corrected chi connectivity index (χ4v) is 4.79. The van der Waals surface area contributed by atoms with Gasteiger partial charge in [0.1, 0.15) is 18.7 Å². The molecule has 3 heterocycles. The topological polar surface area (TPSA) is 94.6 Å². The van der Waals surface area contributed by atoms with Crippen molar-refractivity contribution in [1.82, 2.24) is 15.3 Å². The number of anilines is 1. The average molecular weight is 463 g/mol. The molecule has 0 spiro atoms. The Bertz CT molecular complexity index is 1170. The number of pyridine rings is 2. The Morgan fingerprint density at radius 3 is 2.88 bits per heavy atom. The van der Waals surface area contributed by atoms with Gasteiger partial charge in [-0.1, -0.05) is 12.5 Å². The number of fused-ring (bicyclic) bond motifs is 2. The van der Waals surface area contributed by atoms with Gasteiger partial charge in [0.25, 0.3) is 0 Å². The van der Waals surface area contributed by atoms with Crippen LogP contribution in [-0.4, -0.2) is 42.7 Å². The van der Waals surface area contributed by atoms with E-state index in [4.69, 9.17) is 14.2 Å². The summed E-state index contributed by atoms with van der Waals surface area (Å²) in [7, 11) is 1.58. The van der Waals surface area contributed by atoms with Gasteiger partial charge in [0.05, 0.1) is 18.3 Å². The van der Waals surface area contributed by atoms with Crippen molar-refractivity contribution in [3.8, 4) is 17.4 Å². The predicted molar refractivity (Wildman–Crippen MR) is 129 cm³/mol. The number of ether oxygens (including phenoxy) is 3. The molecule has 34 heavy (non-hydrogen) atoms. The molecule has 8 heteroatoms. The second-order valence-corrected chi connectivity index (χ2v) is 8.91. The van der Waals surface area contributed by atoms with E-state index in [-0.39, 0.29) is 11.8 Å². The van der Waals surface area contributed by atoms with E-state index in [1.807, 2.05) is 18.2 Å². The van der Waals surface area contributed by atoms with Crippen molar-refractivity contribution in [3.05, 3.63) is 48.2 Å². The van der Waals surface area contributed by atoms with E-state index in [0.717, 1.165) is 55.8 Å². The molecule has 5 rings (SSSR count). The highest BCUT2D eigenvalue weighted by atomic mass is 16.6. The lowest BCUT2D eigenvalue weighted by molar-refractivity contribution is -0.121. The van der Waals surface area contributed by atoms with E-state index in [1.54, 1.807) is 25.4 Å². The number of aromatic nitrogens is 2. The quantitative estimate of drug-likeness (QED) is 0.549. The van der Waals surface area contributed by atoms with Crippen molar-refractivity contribution in [3.63, 3.8) is 0 Å². The van der Waals surface area contributed by atoms with Gasteiger partial charge >= 0.3 is 0 Å². The summed E-state index contributed by atoms with van der Waals surface area (Å²) in [5, 5.41) is 6.66. The molecule has 0 radical (unpaired) electrons. The van der Waals surface area contributed by atoms with Crippen LogP contribution in [0.5, 0.6) is 17.4 Å². The Kier molecular flexibility index (Phi) is 6.76. The monoisotopic (exact) mass is 462 g/mol. The summed E-state index contributed by atoms with van der Waals surface area (Å²) in [5.74, 6) is 2.63. The third kappa shape index (κ3) is 5.07. The maximum Gasteiger partial charge on any atom is 0.227 e. The van der Waals surface area contributed by atoms with E-state index in [0.29, 0.717) is 36.2 Å². The molecular weight excluding hydrogens is 432 g/mol. The van der Waals surface area contributed by atoms with E-state index in [9.17, 15) is 4.79 Å². The SMILES string of the molecule is COc1ccc2nccc(NC(=O)[C@H]3CCC[C@@H](CNCc4ccc5c(c4)OCCO5)C3)c2n1. The first kappa shape index (κ1) is 22.4. The van der Waals surface area contributed by atoms with Crippen molar-refractivity contribution >= 4 is 22.6 Å². The normalized spacial score (nSPS) is 19.6. The number of hydrogen-bond donors (Lipinski definition) is 2. The number of amides is 1. The smallest absolute Gasteiger partial charge is 0.227 e. The highest BCUT2D eigenvalue weighted by Crippen LogP contribution is 2.32. The highest BCUT2D eigenvalue weighted by molar-refractivity contribution is 6.00. The van der Waals surface area contributed by atoms with Gasteiger partial charge in [-0.25, -0.2) is 4.98 Å².